The van der Waals surface area contributed by atoms with Gasteiger partial charge in [-0.2, -0.15) is 0 Å². The van der Waals surface area contributed by atoms with Gasteiger partial charge in [0, 0.05) is 11.8 Å². The first-order chi connectivity index (χ1) is 12.1. The van der Waals surface area contributed by atoms with Crippen molar-refractivity contribution in [2.45, 2.75) is 32.3 Å². The topological polar surface area (TPSA) is 53.4 Å². The summed E-state index contributed by atoms with van der Waals surface area (Å²) in [5, 5.41) is 20.9. The number of fused-ring (bicyclic) bond motifs is 1. The Morgan fingerprint density at radius 2 is 1.84 bits per heavy atom. The Labute approximate surface area is 148 Å². The molecular formula is C22H23NO2. The first kappa shape index (κ1) is 17.2. The highest BCUT2D eigenvalue weighted by Crippen LogP contribution is 2.25. The molecule has 3 aromatic rings. The maximum Gasteiger partial charge on any atom is 0.116 e. The number of unbranched alkanes of at least 4 members (excludes halogenated alkanes) is 1. The van der Waals surface area contributed by atoms with Gasteiger partial charge in [0.25, 0.3) is 0 Å². The maximum absolute atomic E-state index is 9.55. The molecule has 0 saturated carbocycles. The van der Waals surface area contributed by atoms with E-state index in [1.54, 1.807) is 12.1 Å². The van der Waals surface area contributed by atoms with Crippen LogP contribution in [-0.2, 0) is 0 Å². The van der Waals surface area contributed by atoms with E-state index in [4.69, 9.17) is 0 Å². The van der Waals surface area contributed by atoms with Crippen LogP contribution in [0.2, 0.25) is 0 Å². The van der Waals surface area contributed by atoms with Crippen LogP contribution in [0.3, 0.4) is 0 Å². The SMILES string of the molecule is CC(O)CCC/C=C/c1ccc(-c2ccc3cc(O)ccc3c2)nc1. The third kappa shape index (κ3) is 4.68. The van der Waals surface area contributed by atoms with Crippen LogP contribution in [0.4, 0.5) is 0 Å². The number of rotatable bonds is 6. The largest absolute Gasteiger partial charge is 0.508 e. The maximum atomic E-state index is 9.55. The summed E-state index contributed by atoms with van der Waals surface area (Å²) < 4.78 is 0. The van der Waals surface area contributed by atoms with Crippen LogP contribution in [0, 0.1) is 0 Å². The Kier molecular flexibility index (Phi) is 5.46. The molecule has 128 valence electrons. The molecule has 0 aliphatic heterocycles. The van der Waals surface area contributed by atoms with Gasteiger partial charge in [-0.1, -0.05) is 36.4 Å². The molecule has 3 heteroatoms. The minimum Gasteiger partial charge on any atom is -0.508 e. The summed E-state index contributed by atoms with van der Waals surface area (Å²) >= 11 is 0. The quantitative estimate of drug-likeness (QED) is 0.612. The van der Waals surface area contributed by atoms with E-state index in [9.17, 15) is 10.2 Å². The second-order valence-electron chi connectivity index (χ2n) is 6.41. The zero-order valence-electron chi connectivity index (χ0n) is 14.4. The summed E-state index contributed by atoms with van der Waals surface area (Å²) in [6.07, 6.45) is 8.64. The monoisotopic (exact) mass is 333 g/mol. The van der Waals surface area contributed by atoms with E-state index in [1.807, 2.05) is 37.4 Å². The highest BCUT2D eigenvalue weighted by molar-refractivity contribution is 5.87. The summed E-state index contributed by atoms with van der Waals surface area (Å²) in [4.78, 5) is 4.56. The fourth-order valence-corrected chi connectivity index (χ4v) is 2.82. The highest BCUT2D eigenvalue weighted by Gasteiger charge is 2.02. The number of aromatic hydroxyl groups is 1. The second kappa shape index (κ2) is 7.95. The van der Waals surface area contributed by atoms with Gasteiger partial charge in [-0.25, -0.2) is 0 Å². The van der Waals surface area contributed by atoms with E-state index in [0.29, 0.717) is 0 Å². The van der Waals surface area contributed by atoms with E-state index in [0.717, 1.165) is 46.9 Å². The lowest BCUT2D eigenvalue weighted by Crippen LogP contribution is -1.97. The van der Waals surface area contributed by atoms with Gasteiger partial charge in [0.1, 0.15) is 5.75 Å². The van der Waals surface area contributed by atoms with Gasteiger partial charge in [-0.05, 0) is 66.8 Å². The van der Waals surface area contributed by atoms with Crippen molar-refractivity contribution in [2.75, 3.05) is 0 Å². The summed E-state index contributed by atoms with van der Waals surface area (Å²) in [6.45, 7) is 1.82. The minimum absolute atomic E-state index is 0.222. The molecule has 3 rings (SSSR count). The number of allylic oxidation sites excluding steroid dienone is 1. The summed E-state index contributed by atoms with van der Waals surface area (Å²) in [5.41, 5.74) is 3.07. The molecule has 1 unspecified atom stereocenters. The number of pyridine rings is 1. The molecule has 0 spiro atoms. The van der Waals surface area contributed by atoms with Crippen molar-refractivity contribution in [3.8, 4) is 17.0 Å². The average molecular weight is 333 g/mol. The molecule has 0 fully saturated rings. The van der Waals surface area contributed by atoms with Gasteiger partial charge in [0.2, 0.25) is 0 Å². The fourth-order valence-electron chi connectivity index (χ4n) is 2.82. The Morgan fingerprint density at radius 3 is 2.60 bits per heavy atom. The average Bonchev–Trinajstić information content (AvgIpc) is 2.61. The predicted octanol–water partition coefficient (Wildman–Crippen LogP) is 5.17. The Hall–Kier alpha value is -2.65. The predicted molar refractivity (Wildman–Crippen MR) is 103 cm³/mol. The molecule has 25 heavy (non-hydrogen) atoms. The molecule has 0 bridgehead atoms. The lowest BCUT2D eigenvalue weighted by molar-refractivity contribution is 0.182. The van der Waals surface area contributed by atoms with Crippen molar-refractivity contribution >= 4 is 16.8 Å². The zero-order chi connectivity index (χ0) is 17.6. The van der Waals surface area contributed by atoms with E-state index >= 15 is 0 Å². The van der Waals surface area contributed by atoms with Crippen LogP contribution in [0.25, 0.3) is 28.1 Å². The Bertz CT molecular complexity index is 867. The minimum atomic E-state index is -0.222. The fraction of sp³-hybridized carbons (Fsp3) is 0.227. The van der Waals surface area contributed by atoms with Gasteiger partial charge in [-0.15, -0.1) is 0 Å². The number of aliphatic hydroxyl groups is 1. The number of phenols is 1. The lowest BCUT2D eigenvalue weighted by Gasteiger charge is -2.05. The van der Waals surface area contributed by atoms with Crippen LogP contribution >= 0.6 is 0 Å². The van der Waals surface area contributed by atoms with Crippen LogP contribution in [0.1, 0.15) is 31.7 Å². The first-order valence-corrected chi connectivity index (χ1v) is 8.65. The number of nitrogens with zero attached hydrogens (tertiary/aromatic N) is 1. The van der Waals surface area contributed by atoms with Crippen molar-refractivity contribution in [3.05, 3.63) is 66.4 Å². The van der Waals surface area contributed by atoms with Crippen molar-refractivity contribution < 1.29 is 10.2 Å². The van der Waals surface area contributed by atoms with Crippen LogP contribution in [-0.4, -0.2) is 21.3 Å². The lowest BCUT2D eigenvalue weighted by atomic mass is 10.0. The van der Waals surface area contributed by atoms with Gasteiger partial charge >= 0.3 is 0 Å². The number of benzene rings is 2. The highest BCUT2D eigenvalue weighted by atomic mass is 16.3. The van der Waals surface area contributed by atoms with Crippen molar-refractivity contribution in [1.29, 1.82) is 0 Å². The van der Waals surface area contributed by atoms with Crippen LogP contribution < -0.4 is 0 Å². The molecule has 3 nitrogen and oxygen atoms in total. The van der Waals surface area contributed by atoms with Crippen molar-refractivity contribution in [1.82, 2.24) is 4.98 Å². The number of aliphatic hydroxyl groups excluding tert-OH is 1. The second-order valence-corrected chi connectivity index (χ2v) is 6.41. The molecule has 0 saturated heterocycles. The van der Waals surface area contributed by atoms with Gasteiger partial charge in [0.15, 0.2) is 0 Å². The normalized spacial score (nSPS) is 12.7. The Morgan fingerprint density at radius 1 is 1.04 bits per heavy atom. The van der Waals surface area contributed by atoms with Gasteiger partial charge in [-0.3, -0.25) is 4.98 Å². The van der Waals surface area contributed by atoms with E-state index in [1.165, 1.54) is 0 Å². The summed E-state index contributed by atoms with van der Waals surface area (Å²) in [7, 11) is 0. The standard InChI is InChI=1S/C22H23NO2/c1-16(24)5-3-2-4-6-17-7-12-22(23-15-17)20-9-8-19-14-21(25)11-10-18(19)13-20/h4,6-16,24-25H,2-3,5H2,1H3/b6-4+. The number of hydrogen-bond acceptors (Lipinski definition) is 3. The molecule has 2 aromatic carbocycles. The summed E-state index contributed by atoms with van der Waals surface area (Å²) in [5.74, 6) is 0.281. The van der Waals surface area contributed by atoms with Crippen molar-refractivity contribution in [2.24, 2.45) is 0 Å². The molecule has 2 N–H and O–H groups in total. The smallest absolute Gasteiger partial charge is 0.116 e. The number of phenolic OH excluding ortho intramolecular Hbond substituents is 1. The van der Waals surface area contributed by atoms with Crippen molar-refractivity contribution in [3.63, 3.8) is 0 Å². The first-order valence-electron chi connectivity index (χ1n) is 8.65. The molecule has 1 atom stereocenters. The molecule has 1 aromatic heterocycles. The molecular weight excluding hydrogens is 310 g/mol. The number of aromatic nitrogens is 1. The third-order valence-electron chi connectivity index (χ3n) is 4.21. The molecule has 1 heterocycles. The molecule has 0 aliphatic carbocycles. The van der Waals surface area contributed by atoms with Gasteiger partial charge < -0.3 is 10.2 Å². The van der Waals surface area contributed by atoms with E-state index in [-0.39, 0.29) is 11.9 Å². The van der Waals surface area contributed by atoms with Crippen LogP contribution in [0.15, 0.2) is 60.8 Å². The van der Waals surface area contributed by atoms with Gasteiger partial charge in [0.05, 0.1) is 11.8 Å². The zero-order valence-corrected chi connectivity index (χ0v) is 14.4. The number of hydrogen-bond donors (Lipinski definition) is 2. The molecule has 0 radical (unpaired) electrons. The van der Waals surface area contributed by atoms with E-state index < -0.39 is 0 Å². The summed E-state index contributed by atoms with van der Waals surface area (Å²) in [6, 6.07) is 15.6. The third-order valence-corrected chi connectivity index (χ3v) is 4.21. The molecule has 0 amide bonds. The Balaban J connectivity index is 1.69. The van der Waals surface area contributed by atoms with Crippen LogP contribution in [0.5, 0.6) is 5.75 Å². The van der Waals surface area contributed by atoms with E-state index in [2.05, 4.69) is 29.3 Å². The molecule has 0 aliphatic rings.